The Bertz CT molecular complexity index is 469. The normalized spacial score (nSPS) is 21.7. The number of rotatable bonds is 2. The van der Waals surface area contributed by atoms with Gasteiger partial charge in [0.25, 0.3) is 0 Å². The second-order valence-electron chi connectivity index (χ2n) is 4.45. The molecule has 1 aromatic heterocycles. The molecule has 0 radical (unpaired) electrons. The monoisotopic (exact) mass is 248 g/mol. The van der Waals surface area contributed by atoms with Gasteiger partial charge in [0.2, 0.25) is 11.8 Å². The number of piperazine rings is 1. The van der Waals surface area contributed by atoms with Gasteiger partial charge in [-0.15, -0.1) is 0 Å². The molecule has 6 heteroatoms. The second-order valence-corrected chi connectivity index (χ2v) is 4.45. The molecule has 2 atom stereocenters. The van der Waals surface area contributed by atoms with Gasteiger partial charge in [-0.3, -0.25) is 14.9 Å². The van der Waals surface area contributed by atoms with Gasteiger partial charge in [0, 0.05) is 12.2 Å². The van der Waals surface area contributed by atoms with Crippen LogP contribution in [0.25, 0.3) is 0 Å². The molecule has 3 N–H and O–H groups in total. The Kier molecular flexibility index (Phi) is 3.29. The fraction of sp³-hybridized carbons (Fsp3) is 0.417. The molecule has 2 amide bonds. The maximum absolute atomic E-state index is 11.5. The van der Waals surface area contributed by atoms with Crippen LogP contribution in [0.3, 0.4) is 0 Å². The molecule has 0 spiro atoms. The van der Waals surface area contributed by atoms with E-state index in [4.69, 9.17) is 5.73 Å². The van der Waals surface area contributed by atoms with Crippen LogP contribution in [0.2, 0.25) is 0 Å². The molecule has 0 bridgehead atoms. The van der Waals surface area contributed by atoms with Crippen molar-refractivity contribution in [2.24, 2.45) is 5.73 Å². The number of carbonyl (C=O) groups excluding carboxylic acids is 2. The highest BCUT2D eigenvalue weighted by atomic mass is 16.2. The lowest BCUT2D eigenvalue weighted by molar-refractivity contribution is -0.132. The van der Waals surface area contributed by atoms with E-state index in [0.717, 1.165) is 5.56 Å². The average molecular weight is 248 g/mol. The van der Waals surface area contributed by atoms with Crippen LogP contribution in [0.4, 0.5) is 5.82 Å². The van der Waals surface area contributed by atoms with Gasteiger partial charge in [-0.1, -0.05) is 6.07 Å². The van der Waals surface area contributed by atoms with E-state index >= 15 is 0 Å². The Labute approximate surface area is 105 Å². The number of hydrogen-bond donors (Lipinski definition) is 2. The summed E-state index contributed by atoms with van der Waals surface area (Å²) in [5, 5.41) is 2.29. The molecule has 1 aromatic rings. The number of nitrogens with zero attached hydrogens (tertiary/aromatic N) is 2. The predicted molar refractivity (Wildman–Crippen MR) is 66.8 cm³/mol. The number of imide groups is 1. The van der Waals surface area contributed by atoms with Gasteiger partial charge in [-0.2, -0.15) is 0 Å². The van der Waals surface area contributed by atoms with Crippen molar-refractivity contribution >= 4 is 17.6 Å². The number of nitrogens with two attached hydrogens (primary N) is 1. The highest BCUT2D eigenvalue weighted by Gasteiger charge is 2.30. The number of amides is 2. The van der Waals surface area contributed by atoms with Crippen LogP contribution < -0.4 is 16.0 Å². The maximum atomic E-state index is 11.5. The van der Waals surface area contributed by atoms with Crippen molar-refractivity contribution in [3.63, 3.8) is 0 Å². The molecule has 1 aliphatic heterocycles. The minimum absolute atomic E-state index is 0.0877. The standard InChI is InChI=1S/C12H16N4O2/c1-7(13)9-3-4-10(14-5-9)16-6-11(17)15-12(18)8(16)2/h3-5,7-8H,6,13H2,1-2H3,(H,15,17,18)/t7-,8?/m0/s1. The van der Waals surface area contributed by atoms with Crippen molar-refractivity contribution in [3.05, 3.63) is 23.9 Å². The van der Waals surface area contributed by atoms with E-state index in [1.165, 1.54) is 0 Å². The number of nitrogens with one attached hydrogen (secondary N) is 1. The lowest BCUT2D eigenvalue weighted by Gasteiger charge is -2.32. The molecule has 1 unspecified atom stereocenters. The van der Waals surface area contributed by atoms with Crippen LogP contribution >= 0.6 is 0 Å². The molecular formula is C12H16N4O2. The summed E-state index contributed by atoms with van der Waals surface area (Å²) >= 11 is 0. The summed E-state index contributed by atoms with van der Waals surface area (Å²) in [6, 6.07) is 3.14. The van der Waals surface area contributed by atoms with Gasteiger partial charge < -0.3 is 10.6 Å². The van der Waals surface area contributed by atoms with Gasteiger partial charge >= 0.3 is 0 Å². The van der Waals surface area contributed by atoms with E-state index in [1.807, 2.05) is 13.0 Å². The van der Waals surface area contributed by atoms with Gasteiger partial charge in [0.05, 0.1) is 6.54 Å². The molecule has 1 fully saturated rings. The van der Waals surface area contributed by atoms with Gasteiger partial charge in [-0.05, 0) is 25.5 Å². The molecular weight excluding hydrogens is 232 g/mol. The Balaban J connectivity index is 2.24. The Hall–Kier alpha value is -1.95. The van der Waals surface area contributed by atoms with Crippen molar-refractivity contribution in [2.75, 3.05) is 11.4 Å². The summed E-state index contributed by atoms with van der Waals surface area (Å²) in [4.78, 5) is 28.8. The van der Waals surface area contributed by atoms with Crippen molar-refractivity contribution in [2.45, 2.75) is 25.9 Å². The molecule has 0 aromatic carbocycles. The van der Waals surface area contributed by atoms with Gasteiger partial charge in [0.1, 0.15) is 11.9 Å². The first-order valence-electron chi connectivity index (χ1n) is 5.81. The third kappa shape index (κ3) is 2.33. The minimum atomic E-state index is -0.406. The predicted octanol–water partition coefficient (Wildman–Crippen LogP) is -0.0474. The van der Waals surface area contributed by atoms with Gasteiger partial charge in [0.15, 0.2) is 0 Å². The highest BCUT2D eigenvalue weighted by molar-refractivity contribution is 6.04. The zero-order valence-electron chi connectivity index (χ0n) is 10.4. The van der Waals surface area contributed by atoms with E-state index < -0.39 is 6.04 Å². The second kappa shape index (κ2) is 4.73. The number of aromatic nitrogens is 1. The smallest absolute Gasteiger partial charge is 0.249 e. The molecule has 6 nitrogen and oxygen atoms in total. The fourth-order valence-corrected chi connectivity index (χ4v) is 1.83. The summed E-state index contributed by atoms with van der Waals surface area (Å²) < 4.78 is 0. The van der Waals surface area contributed by atoms with Crippen LogP contribution in [0.5, 0.6) is 0 Å². The SMILES string of the molecule is CC1C(=O)NC(=O)CN1c1ccc([C@H](C)N)cn1. The van der Waals surface area contributed by atoms with Gasteiger partial charge in [-0.25, -0.2) is 4.98 Å². The molecule has 2 rings (SSSR count). The van der Waals surface area contributed by atoms with Crippen molar-refractivity contribution in [3.8, 4) is 0 Å². The van der Waals surface area contributed by atoms with Crippen molar-refractivity contribution in [1.82, 2.24) is 10.3 Å². The number of pyridine rings is 1. The van der Waals surface area contributed by atoms with Crippen LogP contribution in [0, 0.1) is 0 Å². The van der Waals surface area contributed by atoms with Crippen LogP contribution in [0.1, 0.15) is 25.5 Å². The first-order chi connectivity index (χ1) is 8.49. The summed E-state index contributed by atoms with van der Waals surface area (Å²) in [5.41, 5.74) is 6.66. The van der Waals surface area contributed by atoms with E-state index in [2.05, 4.69) is 10.3 Å². The van der Waals surface area contributed by atoms with Crippen LogP contribution in [0.15, 0.2) is 18.3 Å². The van der Waals surface area contributed by atoms with Crippen LogP contribution in [-0.2, 0) is 9.59 Å². The third-order valence-electron chi connectivity index (χ3n) is 3.01. The average Bonchev–Trinajstić information content (AvgIpc) is 2.34. The highest BCUT2D eigenvalue weighted by Crippen LogP contribution is 2.18. The third-order valence-corrected chi connectivity index (χ3v) is 3.01. The number of carbonyl (C=O) groups is 2. The molecule has 1 aliphatic rings. The molecule has 18 heavy (non-hydrogen) atoms. The molecule has 2 heterocycles. The van der Waals surface area contributed by atoms with E-state index in [-0.39, 0.29) is 24.4 Å². The summed E-state index contributed by atoms with van der Waals surface area (Å²) in [5.74, 6) is -0.00408. The summed E-state index contributed by atoms with van der Waals surface area (Å²) in [6.45, 7) is 3.75. The fourth-order valence-electron chi connectivity index (χ4n) is 1.83. The van der Waals surface area contributed by atoms with E-state index in [0.29, 0.717) is 5.82 Å². The Morgan fingerprint density at radius 1 is 1.50 bits per heavy atom. The van der Waals surface area contributed by atoms with Crippen molar-refractivity contribution < 1.29 is 9.59 Å². The van der Waals surface area contributed by atoms with Crippen molar-refractivity contribution in [1.29, 1.82) is 0 Å². The molecule has 1 saturated heterocycles. The number of anilines is 1. The number of hydrogen-bond acceptors (Lipinski definition) is 5. The zero-order chi connectivity index (χ0) is 13.3. The maximum Gasteiger partial charge on any atom is 0.249 e. The quantitative estimate of drug-likeness (QED) is 0.716. The molecule has 0 saturated carbocycles. The Morgan fingerprint density at radius 3 is 2.78 bits per heavy atom. The lowest BCUT2D eigenvalue weighted by Crippen LogP contribution is -2.57. The largest absolute Gasteiger partial charge is 0.336 e. The summed E-state index contributed by atoms with van der Waals surface area (Å²) in [7, 11) is 0. The topological polar surface area (TPSA) is 88.3 Å². The zero-order valence-corrected chi connectivity index (χ0v) is 10.4. The van der Waals surface area contributed by atoms with E-state index in [9.17, 15) is 9.59 Å². The Morgan fingerprint density at radius 2 is 2.22 bits per heavy atom. The molecule has 96 valence electrons. The van der Waals surface area contributed by atoms with Crippen LogP contribution in [-0.4, -0.2) is 29.4 Å². The molecule has 0 aliphatic carbocycles. The lowest BCUT2D eigenvalue weighted by atomic mass is 10.1. The first kappa shape index (κ1) is 12.5. The first-order valence-corrected chi connectivity index (χ1v) is 5.81. The van der Waals surface area contributed by atoms with E-state index in [1.54, 1.807) is 24.1 Å². The summed E-state index contributed by atoms with van der Waals surface area (Å²) in [6.07, 6.45) is 1.67. The minimum Gasteiger partial charge on any atom is -0.336 e.